The molecule has 2 fully saturated rings. The van der Waals surface area contributed by atoms with Crippen LogP contribution in [0.5, 0.6) is 0 Å². The second kappa shape index (κ2) is 5.69. The number of carbonyl (C=O) groups is 1. The van der Waals surface area contributed by atoms with Crippen molar-refractivity contribution in [2.75, 3.05) is 5.75 Å². The monoisotopic (exact) mass is 321 g/mol. The van der Waals surface area contributed by atoms with Gasteiger partial charge < -0.3 is 4.90 Å². The third-order valence-corrected chi connectivity index (χ3v) is 6.23. The summed E-state index contributed by atoms with van der Waals surface area (Å²) in [5.41, 5.74) is 0.888. The molecule has 2 saturated carbocycles. The van der Waals surface area contributed by atoms with E-state index in [9.17, 15) is 13.2 Å². The van der Waals surface area contributed by atoms with E-state index in [4.69, 9.17) is 0 Å². The Bertz CT molecular complexity index is 675. The zero-order valence-electron chi connectivity index (χ0n) is 13.2. The summed E-state index contributed by atoms with van der Waals surface area (Å²) in [4.78, 5) is 14.7. The van der Waals surface area contributed by atoms with Crippen molar-refractivity contribution in [2.45, 2.75) is 56.5 Å². The summed E-state index contributed by atoms with van der Waals surface area (Å²) in [6.45, 7) is 3.92. The standard InChI is InChI=1S/C17H23NO3S/c1-12-4-3-5-16(10-12)22(20,21)11-17(19)18(15-8-9-15)13(2)14-6-7-14/h3-5,10,13-15H,6-9,11H2,1-2H3/t13-/m0/s1. The Morgan fingerprint density at radius 3 is 2.50 bits per heavy atom. The molecule has 0 aliphatic heterocycles. The highest BCUT2D eigenvalue weighted by atomic mass is 32.2. The maximum absolute atomic E-state index is 12.6. The maximum atomic E-state index is 12.6. The van der Waals surface area contributed by atoms with E-state index in [1.807, 2.05) is 17.9 Å². The first-order chi connectivity index (χ1) is 10.4. The molecule has 1 atom stereocenters. The summed E-state index contributed by atoms with van der Waals surface area (Å²) >= 11 is 0. The Hall–Kier alpha value is -1.36. The predicted octanol–water partition coefficient (Wildman–Crippen LogP) is 2.56. The van der Waals surface area contributed by atoms with Crippen LogP contribution in [-0.2, 0) is 14.6 Å². The lowest BCUT2D eigenvalue weighted by atomic mass is 10.2. The molecule has 0 aromatic heterocycles. The van der Waals surface area contributed by atoms with Crippen LogP contribution in [0.2, 0.25) is 0 Å². The Morgan fingerprint density at radius 1 is 1.27 bits per heavy atom. The molecule has 0 saturated heterocycles. The summed E-state index contributed by atoms with van der Waals surface area (Å²) in [5, 5.41) is 0. The van der Waals surface area contributed by atoms with Crippen LogP contribution in [0.3, 0.4) is 0 Å². The maximum Gasteiger partial charge on any atom is 0.238 e. The van der Waals surface area contributed by atoms with E-state index >= 15 is 0 Å². The fourth-order valence-corrected chi connectivity index (χ4v) is 4.34. The predicted molar refractivity (Wildman–Crippen MR) is 85.3 cm³/mol. The van der Waals surface area contributed by atoms with Gasteiger partial charge in [-0.05, 0) is 63.1 Å². The molecule has 1 amide bonds. The average Bonchev–Trinajstić information content (AvgIpc) is 3.31. The van der Waals surface area contributed by atoms with Crippen molar-refractivity contribution in [3.8, 4) is 0 Å². The van der Waals surface area contributed by atoms with Gasteiger partial charge >= 0.3 is 0 Å². The molecule has 0 unspecified atom stereocenters. The van der Waals surface area contributed by atoms with Gasteiger partial charge in [0.05, 0.1) is 4.90 Å². The normalized spacial score (nSPS) is 19.7. The van der Waals surface area contributed by atoms with Gasteiger partial charge in [0, 0.05) is 12.1 Å². The molecule has 4 nitrogen and oxygen atoms in total. The number of nitrogens with zero attached hydrogens (tertiary/aromatic N) is 1. The Kier molecular flexibility index (Phi) is 4.02. The summed E-state index contributed by atoms with van der Waals surface area (Å²) < 4.78 is 25.0. The highest BCUT2D eigenvalue weighted by Crippen LogP contribution is 2.39. The summed E-state index contributed by atoms with van der Waals surface area (Å²) in [6, 6.07) is 7.21. The molecule has 120 valence electrons. The quantitative estimate of drug-likeness (QED) is 0.809. The van der Waals surface area contributed by atoms with E-state index in [-0.39, 0.29) is 22.9 Å². The minimum absolute atomic E-state index is 0.174. The lowest BCUT2D eigenvalue weighted by Crippen LogP contribution is -2.44. The lowest BCUT2D eigenvalue weighted by Gasteiger charge is -2.29. The molecule has 0 heterocycles. The smallest absolute Gasteiger partial charge is 0.238 e. The van der Waals surface area contributed by atoms with Gasteiger partial charge in [0.15, 0.2) is 9.84 Å². The fraction of sp³-hybridized carbons (Fsp3) is 0.588. The molecular formula is C17H23NO3S. The number of amides is 1. The van der Waals surface area contributed by atoms with E-state index < -0.39 is 15.6 Å². The van der Waals surface area contributed by atoms with Gasteiger partial charge in [-0.15, -0.1) is 0 Å². The van der Waals surface area contributed by atoms with Crippen LogP contribution in [-0.4, -0.2) is 37.1 Å². The lowest BCUT2D eigenvalue weighted by molar-refractivity contribution is -0.131. The highest BCUT2D eigenvalue weighted by Gasteiger charge is 2.42. The van der Waals surface area contributed by atoms with Crippen LogP contribution < -0.4 is 0 Å². The second-order valence-corrected chi connectivity index (χ2v) is 8.68. The number of rotatable bonds is 6. The number of aryl methyl sites for hydroxylation is 1. The fourth-order valence-electron chi connectivity index (χ4n) is 3.05. The summed E-state index contributed by atoms with van der Waals surface area (Å²) in [5.74, 6) is -0.0843. The Balaban J connectivity index is 1.76. The van der Waals surface area contributed by atoms with E-state index in [1.165, 1.54) is 0 Å². The van der Waals surface area contributed by atoms with Gasteiger partial charge in [-0.3, -0.25) is 4.79 Å². The van der Waals surface area contributed by atoms with Crippen LogP contribution in [0.15, 0.2) is 29.2 Å². The number of benzene rings is 1. The molecule has 0 spiro atoms. The number of sulfone groups is 1. The van der Waals surface area contributed by atoms with Gasteiger partial charge in [0.1, 0.15) is 5.75 Å². The largest absolute Gasteiger partial charge is 0.336 e. The number of carbonyl (C=O) groups excluding carboxylic acids is 1. The Morgan fingerprint density at radius 2 is 1.95 bits per heavy atom. The minimum atomic E-state index is -3.56. The van der Waals surface area contributed by atoms with Gasteiger partial charge in [-0.1, -0.05) is 12.1 Å². The van der Waals surface area contributed by atoms with Crippen LogP contribution in [0.1, 0.15) is 38.2 Å². The third kappa shape index (κ3) is 3.35. The molecule has 1 aromatic rings. The minimum Gasteiger partial charge on any atom is -0.336 e. The summed E-state index contributed by atoms with van der Waals surface area (Å²) in [6.07, 6.45) is 4.32. The number of hydrogen-bond acceptors (Lipinski definition) is 3. The zero-order valence-corrected chi connectivity index (χ0v) is 14.0. The zero-order chi connectivity index (χ0) is 15.9. The average molecular weight is 321 g/mol. The molecule has 3 rings (SSSR count). The molecule has 1 aromatic carbocycles. The van der Waals surface area contributed by atoms with Crippen molar-refractivity contribution in [3.63, 3.8) is 0 Å². The van der Waals surface area contributed by atoms with E-state index in [0.717, 1.165) is 31.2 Å². The SMILES string of the molecule is Cc1cccc(S(=O)(=O)CC(=O)N(C2CC2)[C@@H](C)C2CC2)c1. The molecule has 2 aliphatic rings. The molecule has 5 heteroatoms. The Labute approximate surface area is 132 Å². The van der Waals surface area contributed by atoms with Crippen molar-refractivity contribution in [1.29, 1.82) is 0 Å². The molecule has 0 radical (unpaired) electrons. The van der Waals surface area contributed by atoms with Crippen LogP contribution in [0, 0.1) is 12.8 Å². The van der Waals surface area contributed by atoms with Crippen LogP contribution in [0.25, 0.3) is 0 Å². The van der Waals surface area contributed by atoms with Crippen molar-refractivity contribution in [2.24, 2.45) is 5.92 Å². The van der Waals surface area contributed by atoms with E-state index in [0.29, 0.717) is 5.92 Å². The van der Waals surface area contributed by atoms with E-state index in [2.05, 4.69) is 6.92 Å². The van der Waals surface area contributed by atoms with Crippen molar-refractivity contribution < 1.29 is 13.2 Å². The highest BCUT2D eigenvalue weighted by molar-refractivity contribution is 7.92. The molecular weight excluding hydrogens is 298 g/mol. The van der Waals surface area contributed by atoms with Gasteiger partial charge in [-0.25, -0.2) is 8.42 Å². The van der Waals surface area contributed by atoms with Gasteiger partial charge in [0.25, 0.3) is 0 Å². The van der Waals surface area contributed by atoms with Crippen molar-refractivity contribution in [3.05, 3.63) is 29.8 Å². The number of hydrogen-bond donors (Lipinski definition) is 0. The first kappa shape index (κ1) is 15.5. The first-order valence-corrected chi connectivity index (χ1v) is 9.64. The first-order valence-electron chi connectivity index (χ1n) is 7.99. The van der Waals surface area contributed by atoms with Crippen LogP contribution >= 0.6 is 0 Å². The molecule has 22 heavy (non-hydrogen) atoms. The van der Waals surface area contributed by atoms with Crippen molar-refractivity contribution >= 4 is 15.7 Å². The van der Waals surface area contributed by atoms with Gasteiger partial charge in [0.2, 0.25) is 5.91 Å². The van der Waals surface area contributed by atoms with Crippen molar-refractivity contribution in [1.82, 2.24) is 4.90 Å². The molecule has 2 aliphatic carbocycles. The van der Waals surface area contributed by atoms with E-state index in [1.54, 1.807) is 18.2 Å². The summed E-state index contributed by atoms with van der Waals surface area (Å²) in [7, 11) is -3.56. The molecule has 0 N–H and O–H groups in total. The second-order valence-electron chi connectivity index (χ2n) is 6.69. The molecule has 0 bridgehead atoms. The van der Waals surface area contributed by atoms with Crippen LogP contribution in [0.4, 0.5) is 0 Å². The topological polar surface area (TPSA) is 54.5 Å². The van der Waals surface area contributed by atoms with Gasteiger partial charge in [-0.2, -0.15) is 0 Å². The third-order valence-electron chi connectivity index (χ3n) is 4.63.